The molecule has 0 saturated carbocycles. The number of benzene rings is 3. The number of amides is 2. The third-order valence-corrected chi connectivity index (χ3v) is 7.73. The first-order valence-electron chi connectivity index (χ1n) is 12.5. The highest BCUT2D eigenvalue weighted by Crippen LogP contribution is 2.39. The molecule has 0 bridgehead atoms. The van der Waals surface area contributed by atoms with Gasteiger partial charge in [0, 0.05) is 23.6 Å². The molecule has 2 heterocycles. The van der Waals surface area contributed by atoms with Crippen molar-refractivity contribution in [3.05, 3.63) is 88.9 Å². The van der Waals surface area contributed by atoms with E-state index in [-0.39, 0.29) is 24.3 Å². The van der Waals surface area contributed by atoms with Crippen LogP contribution in [0, 0.1) is 0 Å². The van der Waals surface area contributed by atoms with Crippen LogP contribution in [0.25, 0.3) is 0 Å². The zero-order valence-electron chi connectivity index (χ0n) is 21.5. The molecule has 3 aromatic carbocycles. The van der Waals surface area contributed by atoms with Gasteiger partial charge in [0.1, 0.15) is 16.7 Å². The minimum absolute atomic E-state index is 0.00148. The predicted molar refractivity (Wildman–Crippen MR) is 155 cm³/mol. The molecule has 0 fully saturated rings. The molecule has 1 N–H and O–H groups in total. The Morgan fingerprint density at radius 2 is 1.74 bits per heavy atom. The topological polar surface area (TPSA) is 92.6 Å². The standard InChI is InChI=1S/C29H27ClN4O4S/c1-3-38-23-14-10-21(11-15-23)31-27(35)17-26-28(36)32-29(39-26)34-25(19-6-12-22(37-2)13-7-19)16-24(33-34)18-4-8-20(30)9-5-18/h4-15,25-26H,3,16-17H2,1-2H3,(H,31,35)/t25-,26-/m0/s1. The molecule has 10 heteroatoms. The van der Waals surface area contributed by atoms with Crippen molar-refractivity contribution in [2.24, 2.45) is 10.1 Å². The zero-order chi connectivity index (χ0) is 27.4. The van der Waals surface area contributed by atoms with Gasteiger partial charge in [-0.15, -0.1) is 0 Å². The molecule has 0 saturated heterocycles. The Bertz CT molecular complexity index is 1410. The number of nitrogens with zero attached hydrogens (tertiary/aromatic N) is 3. The number of nitrogens with one attached hydrogen (secondary N) is 1. The molecule has 8 nitrogen and oxygen atoms in total. The van der Waals surface area contributed by atoms with E-state index < -0.39 is 5.25 Å². The highest BCUT2D eigenvalue weighted by atomic mass is 35.5. The monoisotopic (exact) mass is 562 g/mol. The number of carbonyl (C=O) groups is 2. The van der Waals surface area contributed by atoms with Crippen molar-refractivity contribution in [1.82, 2.24) is 5.01 Å². The van der Waals surface area contributed by atoms with Gasteiger partial charge in [-0.3, -0.25) is 9.59 Å². The minimum atomic E-state index is -0.631. The number of amidine groups is 1. The second kappa shape index (κ2) is 11.9. The maximum atomic E-state index is 12.9. The molecule has 5 rings (SSSR count). The van der Waals surface area contributed by atoms with Crippen LogP contribution >= 0.6 is 23.4 Å². The van der Waals surface area contributed by atoms with Gasteiger partial charge in [-0.05, 0) is 66.6 Å². The first kappa shape index (κ1) is 26.8. The normalized spacial score (nSPS) is 18.5. The summed E-state index contributed by atoms with van der Waals surface area (Å²) in [6, 6.07) is 22.2. The summed E-state index contributed by atoms with van der Waals surface area (Å²) in [5.74, 6) is 0.870. The number of anilines is 1. The van der Waals surface area contributed by atoms with Crippen LogP contribution in [0.2, 0.25) is 5.02 Å². The average Bonchev–Trinajstić information content (AvgIpc) is 3.54. The van der Waals surface area contributed by atoms with Gasteiger partial charge in [-0.2, -0.15) is 10.1 Å². The van der Waals surface area contributed by atoms with Gasteiger partial charge in [0.05, 0.1) is 25.5 Å². The van der Waals surface area contributed by atoms with E-state index >= 15 is 0 Å². The third-order valence-electron chi connectivity index (χ3n) is 6.33. The first-order valence-corrected chi connectivity index (χ1v) is 13.8. The number of ether oxygens (including phenoxy) is 2. The van der Waals surface area contributed by atoms with Gasteiger partial charge in [-0.1, -0.05) is 47.6 Å². The minimum Gasteiger partial charge on any atom is -0.497 e. The molecule has 0 unspecified atom stereocenters. The average molecular weight is 563 g/mol. The maximum absolute atomic E-state index is 12.9. The van der Waals surface area contributed by atoms with E-state index in [2.05, 4.69) is 10.3 Å². The van der Waals surface area contributed by atoms with E-state index in [0.717, 1.165) is 28.3 Å². The molecule has 2 aliphatic heterocycles. The van der Waals surface area contributed by atoms with Crippen molar-refractivity contribution in [3.63, 3.8) is 0 Å². The van der Waals surface area contributed by atoms with Crippen LogP contribution in [0.15, 0.2) is 82.9 Å². The highest BCUT2D eigenvalue weighted by molar-refractivity contribution is 8.15. The smallest absolute Gasteiger partial charge is 0.262 e. The van der Waals surface area contributed by atoms with Crippen molar-refractivity contribution in [2.45, 2.75) is 31.1 Å². The second-order valence-electron chi connectivity index (χ2n) is 8.94. The number of thioether (sulfide) groups is 1. The van der Waals surface area contributed by atoms with Gasteiger partial charge in [0.2, 0.25) is 5.91 Å². The van der Waals surface area contributed by atoms with E-state index in [1.807, 2.05) is 55.5 Å². The van der Waals surface area contributed by atoms with Crippen LogP contribution in [0.5, 0.6) is 11.5 Å². The molecule has 0 aromatic heterocycles. The van der Waals surface area contributed by atoms with Crippen LogP contribution in [0.1, 0.15) is 36.9 Å². The Kier molecular flexibility index (Phi) is 8.18. The Balaban J connectivity index is 1.31. The van der Waals surface area contributed by atoms with Gasteiger partial charge in [-0.25, -0.2) is 5.01 Å². The summed E-state index contributed by atoms with van der Waals surface area (Å²) in [6.45, 7) is 2.48. The van der Waals surface area contributed by atoms with Crippen LogP contribution in [0.3, 0.4) is 0 Å². The fourth-order valence-electron chi connectivity index (χ4n) is 4.38. The number of hydrogen-bond acceptors (Lipinski definition) is 7. The van der Waals surface area contributed by atoms with E-state index in [1.165, 1.54) is 11.8 Å². The number of aliphatic imine (C=N–C) groups is 1. The van der Waals surface area contributed by atoms with Gasteiger partial charge < -0.3 is 14.8 Å². The van der Waals surface area contributed by atoms with Crippen molar-refractivity contribution in [1.29, 1.82) is 0 Å². The zero-order valence-corrected chi connectivity index (χ0v) is 23.0. The Labute approximate surface area is 236 Å². The highest BCUT2D eigenvalue weighted by Gasteiger charge is 2.39. The van der Waals surface area contributed by atoms with Gasteiger partial charge in [0.25, 0.3) is 5.91 Å². The number of halogens is 1. The molecular formula is C29H27ClN4O4S. The molecule has 0 spiro atoms. The van der Waals surface area contributed by atoms with Gasteiger partial charge in [0.15, 0.2) is 5.17 Å². The van der Waals surface area contributed by atoms with Crippen LogP contribution in [-0.4, -0.2) is 46.7 Å². The number of carbonyl (C=O) groups excluding carboxylic acids is 2. The summed E-state index contributed by atoms with van der Waals surface area (Å²) in [7, 11) is 1.63. The summed E-state index contributed by atoms with van der Waals surface area (Å²) in [6.07, 6.45) is 0.614. The summed E-state index contributed by atoms with van der Waals surface area (Å²) in [4.78, 5) is 29.9. The predicted octanol–water partition coefficient (Wildman–Crippen LogP) is 5.93. The van der Waals surface area contributed by atoms with E-state index in [4.69, 9.17) is 26.2 Å². The quantitative estimate of drug-likeness (QED) is 0.366. The van der Waals surface area contributed by atoms with E-state index in [9.17, 15) is 9.59 Å². The molecule has 0 radical (unpaired) electrons. The molecule has 2 atom stereocenters. The third kappa shape index (κ3) is 6.26. The lowest BCUT2D eigenvalue weighted by Crippen LogP contribution is -2.25. The molecule has 200 valence electrons. The maximum Gasteiger partial charge on any atom is 0.262 e. The van der Waals surface area contributed by atoms with Crippen molar-refractivity contribution >= 4 is 51.7 Å². The second-order valence-corrected chi connectivity index (χ2v) is 10.5. The fraction of sp³-hybridized carbons (Fsp3) is 0.241. The molecule has 39 heavy (non-hydrogen) atoms. The number of hydrogen-bond donors (Lipinski definition) is 1. The number of rotatable bonds is 8. The van der Waals surface area contributed by atoms with Gasteiger partial charge >= 0.3 is 0 Å². The number of hydrazone groups is 1. The lowest BCUT2D eigenvalue weighted by Gasteiger charge is -2.23. The van der Waals surface area contributed by atoms with Crippen molar-refractivity contribution in [2.75, 3.05) is 19.0 Å². The van der Waals surface area contributed by atoms with Crippen LogP contribution in [0.4, 0.5) is 5.69 Å². The molecular weight excluding hydrogens is 536 g/mol. The Morgan fingerprint density at radius 3 is 2.41 bits per heavy atom. The van der Waals surface area contributed by atoms with Crippen molar-refractivity contribution < 1.29 is 19.1 Å². The summed E-state index contributed by atoms with van der Waals surface area (Å²) in [5, 5.41) is 10.00. The summed E-state index contributed by atoms with van der Waals surface area (Å²) in [5.41, 5.74) is 3.45. The summed E-state index contributed by atoms with van der Waals surface area (Å²) >= 11 is 7.35. The largest absolute Gasteiger partial charge is 0.497 e. The molecule has 2 aliphatic rings. The lowest BCUT2D eigenvalue weighted by molar-refractivity contribution is -0.121. The Hall–Kier alpha value is -3.82. The van der Waals surface area contributed by atoms with Crippen LogP contribution < -0.4 is 14.8 Å². The molecule has 3 aromatic rings. The first-order chi connectivity index (χ1) is 18.9. The van der Waals surface area contributed by atoms with E-state index in [0.29, 0.717) is 28.9 Å². The lowest BCUT2D eigenvalue weighted by atomic mass is 9.98. The van der Waals surface area contributed by atoms with Crippen molar-refractivity contribution in [3.8, 4) is 11.5 Å². The molecule has 0 aliphatic carbocycles. The summed E-state index contributed by atoms with van der Waals surface area (Å²) < 4.78 is 10.8. The number of methoxy groups -OCH3 is 1. The SMILES string of the molecule is CCOc1ccc(NC(=O)C[C@@H]2SC(N3N=C(c4ccc(Cl)cc4)C[C@H]3c3ccc(OC)cc3)=NC2=O)cc1. The fourth-order valence-corrected chi connectivity index (χ4v) is 5.56. The van der Waals surface area contributed by atoms with E-state index in [1.54, 1.807) is 36.4 Å². The van der Waals surface area contributed by atoms with Crippen LogP contribution in [-0.2, 0) is 9.59 Å². The Morgan fingerprint density at radius 1 is 1.05 bits per heavy atom. The molecule has 2 amide bonds.